The predicted octanol–water partition coefficient (Wildman–Crippen LogP) is -0.332. The van der Waals surface area contributed by atoms with Crippen molar-refractivity contribution >= 4 is 21.9 Å². The van der Waals surface area contributed by atoms with Crippen molar-refractivity contribution in [2.75, 3.05) is 34.0 Å². The van der Waals surface area contributed by atoms with E-state index in [1.807, 2.05) is 0 Å². The highest BCUT2D eigenvalue weighted by molar-refractivity contribution is 7.89. The molecule has 1 aromatic carbocycles. The van der Waals surface area contributed by atoms with Gasteiger partial charge in [-0.15, -0.1) is 0 Å². The molecule has 0 aromatic heterocycles. The number of carbonyl (C=O) groups excluding carboxylic acids is 2. The molecule has 1 rings (SSSR count). The molecule has 1 amide bonds. The second-order valence-corrected chi connectivity index (χ2v) is 6.68. The summed E-state index contributed by atoms with van der Waals surface area (Å²) in [5, 5.41) is 2.47. The average molecular weight is 374 g/mol. The third kappa shape index (κ3) is 7.08. The van der Waals surface area contributed by atoms with Gasteiger partial charge in [0.15, 0.2) is 6.61 Å². The van der Waals surface area contributed by atoms with E-state index in [4.69, 9.17) is 14.2 Å². The first-order valence-electron chi connectivity index (χ1n) is 7.39. The van der Waals surface area contributed by atoms with Crippen LogP contribution in [0.15, 0.2) is 29.2 Å². The average Bonchev–Trinajstić information content (AvgIpc) is 2.59. The number of rotatable bonds is 10. The lowest BCUT2D eigenvalue weighted by atomic mass is 10.3. The standard InChI is InChI=1S/C15H22N2O7S/c1-11(15(19)24-10-14(18)16-8-9-22-2)17-25(20,21)13-6-4-12(23-3)5-7-13/h4-7,11,17H,8-10H2,1-3H3,(H,16,18). The lowest BCUT2D eigenvalue weighted by Gasteiger charge is -2.14. The molecule has 0 fully saturated rings. The first-order valence-corrected chi connectivity index (χ1v) is 8.87. The minimum absolute atomic E-state index is 0.0229. The van der Waals surface area contributed by atoms with Crippen molar-refractivity contribution in [1.29, 1.82) is 0 Å². The Morgan fingerprint density at radius 3 is 2.36 bits per heavy atom. The van der Waals surface area contributed by atoms with Gasteiger partial charge in [0.05, 0.1) is 18.6 Å². The van der Waals surface area contributed by atoms with Gasteiger partial charge in [0.1, 0.15) is 11.8 Å². The fourth-order valence-corrected chi connectivity index (χ4v) is 2.90. The van der Waals surface area contributed by atoms with E-state index in [9.17, 15) is 18.0 Å². The van der Waals surface area contributed by atoms with Crippen LogP contribution in [0.4, 0.5) is 0 Å². The normalized spacial score (nSPS) is 12.3. The highest BCUT2D eigenvalue weighted by Crippen LogP contribution is 2.15. The molecule has 1 aromatic rings. The van der Waals surface area contributed by atoms with E-state index in [1.165, 1.54) is 45.4 Å². The highest BCUT2D eigenvalue weighted by atomic mass is 32.2. The van der Waals surface area contributed by atoms with Crippen LogP contribution in [0.1, 0.15) is 6.92 Å². The molecule has 0 saturated heterocycles. The Bertz CT molecular complexity index is 674. The molecule has 2 N–H and O–H groups in total. The van der Waals surface area contributed by atoms with Crippen molar-refractivity contribution in [3.63, 3.8) is 0 Å². The Morgan fingerprint density at radius 2 is 1.80 bits per heavy atom. The SMILES string of the molecule is COCCNC(=O)COC(=O)C(C)NS(=O)(=O)c1ccc(OC)cc1. The molecule has 25 heavy (non-hydrogen) atoms. The number of sulfonamides is 1. The first kappa shape index (κ1) is 20.9. The molecule has 0 radical (unpaired) electrons. The van der Waals surface area contributed by atoms with Crippen LogP contribution in [0.5, 0.6) is 5.75 Å². The Hall–Kier alpha value is -2.17. The van der Waals surface area contributed by atoms with Gasteiger partial charge >= 0.3 is 5.97 Å². The van der Waals surface area contributed by atoms with Crippen LogP contribution in [0, 0.1) is 0 Å². The molecule has 1 atom stereocenters. The van der Waals surface area contributed by atoms with Gasteiger partial charge in [-0.05, 0) is 31.2 Å². The molecular formula is C15H22N2O7S. The molecule has 1 unspecified atom stereocenters. The van der Waals surface area contributed by atoms with Crippen molar-refractivity contribution in [1.82, 2.24) is 10.0 Å². The first-order chi connectivity index (χ1) is 11.8. The second-order valence-electron chi connectivity index (χ2n) is 4.97. The molecule has 0 bridgehead atoms. The van der Waals surface area contributed by atoms with Gasteiger partial charge in [0, 0.05) is 13.7 Å². The predicted molar refractivity (Wildman–Crippen MR) is 88.6 cm³/mol. The summed E-state index contributed by atoms with van der Waals surface area (Å²) < 4.78 is 41.1. The number of nitrogens with one attached hydrogen (secondary N) is 2. The molecule has 0 heterocycles. The Labute approximate surface area is 146 Å². The summed E-state index contributed by atoms with van der Waals surface area (Å²) in [4.78, 5) is 23.2. The summed E-state index contributed by atoms with van der Waals surface area (Å²) in [6, 6.07) is 4.52. The van der Waals surface area contributed by atoms with E-state index in [-0.39, 0.29) is 11.4 Å². The lowest BCUT2D eigenvalue weighted by molar-refractivity contribution is -0.149. The quantitative estimate of drug-likeness (QED) is 0.425. The van der Waals surface area contributed by atoms with E-state index in [1.54, 1.807) is 0 Å². The minimum Gasteiger partial charge on any atom is -0.497 e. The number of hydrogen-bond donors (Lipinski definition) is 2. The fourth-order valence-electron chi connectivity index (χ4n) is 1.71. The van der Waals surface area contributed by atoms with Gasteiger partial charge < -0.3 is 19.5 Å². The third-order valence-electron chi connectivity index (χ3n) is 3.03. The van der Waals surface area contributed by atoms with Gasteiger partial charge in [-0.2, -0.15) is 4.72 Å². The van der Waals surface area contributed by atoms with Crippen LogP contribution in [0.2, 0.25) is 0 Å². The summed E-state index contributed by atoms with van der Waals surface area (Å²) in [6.07, 6.45) is 0. The number of esters is 1. The highest BCUT2D eigenvalue weighted by Gasteiger charge is 2.23. The number of carbonyl (C=O) groups is 2. The van der Waals surface area contributed by atoms with Crippen molar-refractivity contribution in [2.24, 2.45) is 0 Å². The largest absolute Gasteiger partial charge is 0.497 e. The van der Waals surface area contributed by atoms with Crippen LogP contribution in [0.25, 0.3) is 0 Å². The molecule has 0 aliphatic heterocycles. The Balaban J connectivity index is 2.53. The molecule has 9 nitrogen and oxygen atoms in total. The van der Waals surface area contributed by atoms with Crippen LogP contribution in [-0.4, -0.2) is 60.3 Å². The topological polar surface area (TPSA) is 120 Å². The number of hydrogen-bond acceptors (Lipinski definition) is 7. The molecule has 0 aliphatic rings. The maximum atomic E-state index is 12.2. The molecule has 0 aliphatic carbocycles. The monoisotopic (exact) mass is 374 g/mol. The van der Waals surface area contributed by atoms with Gasteiger partial charge in [-0.3, -0.25) is 9.59 Å². The van der Waals surface area contributed by atoms with Crippen LogP contribution >= 0.6 is 0 Å². The van der Waals surface area contributed by atoms with Crippen molar-refractivity contribution in [2.45, 2.75) is 17.9 Å². The molecule has 0 spiro atoms. The maximum absolute atomic E-state index is 12.2. The minimum atomic E-state index is -3.91. The third-order valence-corrected chi connectivity index (χ3v) is 4.59. The maximum Gasteiger partial charge on any atom is 0.324 e. The van der Waals surface area contributed by atoms with Crippen LogP contribution in [-0.2, 0) is 29.1 Å². The number of amides is 1. The smallest absolute Gasteiger partial charge is 0.324 e. The van der Waals surface area contributed by atoms with Crippen molar-refractivity contribution in [3.05, 3.63) is 24.3 Å². The van der Waals surface area contributed by atoms with Gasteiger partial charge in [-0.1, -0.05) is 0 Å². The van der Waals surface area contributed by atoms with E-state index in [0.717, 1.165) is 0 Å². The number of benzene rings is 1. The number of ether oxygens (including phenoxy) is 3. The van der Waals surface area contributed by atoms with E-state index in [0.29, 0.717) is 12.4 Å². The summed E-state index contributed by atoms with van der Waals surface area (Å²) in [5.41, 5.74) is 0. The zero-order valence-electron chi connectivity index (χ0n) is 14.3. The van der Waals surface area contributed by atoms with Gasteiger partial charge in [0.2, 0.25) is 10.0 Å². The zero-order chi connectivity index (χ0) is 18.9. The van der Waals surface area contributed by atoms with Crippen molar-refractivity contribution in [3.8, 4) is 5.75 Å². The molecule has 0 saturated carbocycles. The summed E-state index contributed by atoms with van der Waals surface area (Å²) >= 11 is 0. The Morgan fingerprint density at radius 1 is 1.16 bits per heavy atom. The molecule has 140 valence electrons. The molecular weight excluding hydrogens is 352 g/mol. The Kier molecular flexibility index (Phi) is 8.32. The summed E-state index contributed by atoms with van der Waals surface area (Å²) in [6.45, 7) is 1.44. The van der Waals surface area contributed by atoms with E-state index < -0.39 is 34.5 Å². The second kappa shape index (κ2) is 9.97. The van der Waals surface area contributed by atoms with Gasteiger partial charge in [-0.25, -0.2) is 8.42 Å². The number of methoxy groups -OCH3 is 2. The summed E-state index contributed by atoms with van der Waals surface area (Å²) in [7, 11) is -0.957. The van der Waals surface area contributed by atoms with Gasteiger partial charge in [0.25, 0.3) is 5.91 Å². The van der Waals surface area contributed by atoms with E-state index in [2.05, 4.69) is 10.0 Å². The summed E-state index contributed by atoms with van der Waals surface area (Å²) in [5.74, 6) is -0.861. The van der Waals surface area contributed by atoms with E-state index >= 15 is 0 Å². The van der Waals surface area contributed by atoms with Crippen LogP contribution in [0.3, 0.4) is 0 Å². The molecule has 10 heteroatoms. The lowest BCUT2D eigenvalue weighted by Crippen LogP contribution is -2.41. The van der Waals surface area contributed by atoms with Crippen molar-refractivity contribution < 1.29 is 32.2 Å². The fraction of sp³-hybridized carbons (Fsp3) is 0.467. The zero-order valence-corrected chi connectivity index (χ0v) is 15.1. The van der Waals surface area contributed by atoms with Crippen LogP contribution < -0.4 is 14.8 Å².